The molecule has 0 spiro atoms. The summed E-state index contributed by atoms with van der Waals surface area (Å²) in [4.78, 5) is 4.51. The van der Waals surface area contributed by atoms with Crippen molar-refractivity contribution in [3.05, 3.63) is 29.8 Å². The molecule has 0 unspecified atom stereocenters. The Hall–Kier alpha value is -1.28. The van der Waals surface area contributed by atoms with E-state index in [0.29, 0.717) is 42.7 Å². The highest BCUT2D eigenvalue weighted by Gasteiger charge is 2.50. The van der Waals surface area contributed by atoms with Crippen LogP contribution in [0.25, 0.3) is 0 Å². The van der Waals surface area contributed by atoms with Gasteiger partial charge in [-0.3, -0.25) is 0 Å². The molecule has 0 bridgehead atoms. The topological polar surface area (TPSA) is 83.0 Å². The van der Waals surface area contributed by atoms with Gasteiger partial charge in [0.2, 0.25) is 0 Å². The molecular formula is C18H28F3IN4O3S. The smallest absolute Gasteiger partial charge is 0.497 e. The number of hydrogen-bond donors (Lipinski definition) is 2. The van der Waals surface area contributed by atoms with Gasteiger partial charge in [-0.05, 0) is 43.4 Å². The molecule has 0 radical (unpaired) electrons. The van der Waals surface area contributed by atoms with Gasteiger partial charge in [0.15, 0.2) is 5.96 Å². The second-order valence-electron chi connectivity index (χ2n) is 6.72. The van der Waals surface area contributed by atoms with Gasteiger partial charge in [0.25, 0.3) is 0 Å². The van der Waals surface area contributed by atoms with Crippen molar-refractivity contribution in [3.63, 3.8) is 0 Å². The molecule has 12 heteroatoms. The van der Waals surface area contributed by atoms with Crippen molar-refractivity contribution in [2.45, 2.75) is 31.8 Å². The summed E-state index contributed by atoms with van der Waals surface area (Å²) >= 11 is 0. The summed E-state index contributed by atoms with van der Waals surface area (Å²) in [5, 5.41) is 6.32. The first kappa shape index (κ1) is 26.8. The summed E-state index contributed by atoms with van der Waals surface area (Å²) in [5.74, 6) is 1.44. The van der Waals surface area contributed by atoms with E-state index >= 15 is 0 Å². The van der Waals surface area contributed by atoms with Gasteiger partial charge < -0.3 is 15.4 Å². The summed E-state index contributed by atoms with van der Waals surface area (Å²) in [7, 11) is -3.64. The van der Waals surface area contributed by atoms with Gasteiger partial charge in [0.1, 0.15) is 5.75 Å². The van der Waals surface area contributed by atoms with E-state index < -0.39 is 15.5 Å². The van der Waals surface area contributed by atoms with Gasteiger partial charge in [-0.1, -0.05) is 12.1 Å². The number of sulfonamides is 1. The van der Waals surface area contributed by atoms with Crippen LogP contribution in [0.3, 0.4) is 0 Å². The first-order valence-electron chi connectivity index (χ1n) is 9.39. The van der Waals surface area contributed by atoms with Crippen LogP contribution < -0.4 is 15.4 Å². The Balaban J connectivity index is 0.00000450. The SMILES string of the molecule is CCNC(=NCc1ccc(OC)cc1)NCC1CCN(S(=O)(=O)C(F)(F)F)CC1.I. The molecule has 7 nitrogen and oxygen atoms in total. The van der Waals surface area contributed by atoms with E-state index in [1.165, 1.54) is 0 Å². The number of halogens is 4. The van der Waals surface area contributed by atoms with E-state index in [2.05, 4.69) is 15.6 Å². The lowest BCUT2D eigenvalue weighted by Crippen LogP contribution is -2.47. The molecule has 0 aromatic heterocycles. The lowest BCUT2D eigenvalue weighted by molar-refractivity contribution is -0.0496. The third-order valence-electron chi connectivity index (χ3n) is 4.69. The minimum absolute atomic E-state index is 0. The monoisotopic (exact) mass is 564 g/mol. The molecule has 30 heavy (non-hydrogen) atoms. The summed E-state index contributed by atoms with van der Waals surface area (Å²) in [6.07, 6.45) is 0.723. The second-order valence-corrected chi connectivity index (χ2v) is 8.65. The molecule has 1 saturated heterocycles. The molecule has 1 heterocycles. The van der Waals surface area contributed by atoms with Crippen molar-refractivity contribution in [2.75, 3.05) is 33.3 Å². The van der Waals surface area contributed by atoms with Crippen LogP contribution in [0.15, 0.2) is 29.3 Å². The summed E-state index contributed by atoms with van der Waals surface area (Å²) in [5.41, 5.74) is -4.24. The van der Waals surface area contributed by atoms with Crippen LogP contribution in [0.2, 0.25) is 0 Å². The van der Waals surface area contributed by atoms with E-state index in [4.69, 9.17) is 4.74 Å². The van der Waals surface area contributed by atoms with Crippen LogP contribution in [0.4, 0.5) is 13.2 Å². The molecular weight excluding hydrogens is 536 g/mol. The number of guanidine groups is 1. The molecule has 1 aliphatic rings. The minimum Gasteiger partial charge on any atom is -0.497 e. The number of ether oxygens (including phenoxy) is 1. The van der Waals surface area contributed by atoms with Crippen LogP contribution in [-0.2, 0) is 16.6 Å². The zero-order valence-corrected chi connectivity index (χ0v) is 20.1. The zero-order valence-electron chi connectivity index (χ0n) is 16.9. The lowest BCUT2D eigenvalue weighted by atomic mass is 9.98. The first-order valence-corrected chi connectivity index (χ1v) is 10.8. The average molecular weight is 564 g/mol. The van der Waals surface area contributed by atoms with Gasteiger partial charge in [0.05, 0.1) is 13.7 Å². The predicted octanol–water partition coefficient (Wildman–Crippen LogP) is 2.93. The Morgan fingerprint density at radius 2 is 1.80 bits per heavy atom. The number of benzene rings is 1. The molecule has 0 amide bonds. The van der Waals surface area contributed by atoms with Crippen LogP contribution in [0, 0.1) is 5.92 Å². The summed E-state index contributed by atoms with van der Waals surface area (Å²) < 4.78 is 66.5. The number of methoxy groups -OCH3 is 1. The molecule has 0 atom stereocenters. The number of nitrogens with one attached hydrogen (secondary N) is 2. The molecule has 1 aliphatic heterocycles. The Bertz CT molecular complexity index is 781. The Morgan fingerprint density at radius 1 is 1.20 bits per heavy atom. The quantitative estimate of drug-likeness (QED) is 0.303. The number of alkyl halides is 3. The Kier molecular flexibility index (Phi) is 10.6. The van der Waals surface area contributed by atoms with Crippen LogP contribution in [0.5, 0.6) is 5.75 Å². The predicted molar refractivity (Wildman–Crippen MR) is 120 cm³/mol. The van der Waals surface area contributed by atoms with Gasteiger partial charge in [-0.2, -0.15) is 17.5 Å². The maximum atomic E-state index is 12.6. The van der Waals surface area contributed by atoms with E-state index in [1.807, 2.05) is 31.2 Å². The summed E-state index contributed by atoms with van der Waals surface area (Å²) in [6.45, 7) is 3.30. The molecule has 1 aromatic carbocycles. The van der Waals surface area contributed by atoms with Gasteiger partial charge in [-0.25, -0.2) is 13.4 Å². The van der Waals surface area contributed by atoms with Crippen molar-refractivity contribution in [2.24, 2.45) is 10.9 Å². The van der Waals surface area contributed by atoms with E-state index in [9.17, 15) is 21.6 Å². The van der Waals surface area contributed by atoms with Crippen molar-refractivity contribution in [3.8, 4) is 5.75 Å². The molecule has 1 aromatic rings. The maximum absolute atomic E-state index is 12.6. The molecule has 2 rings (SSSR count). The fourth-order valence-corrected chi connectivity index (χ4v) is 3.97. The lowest BCUT2D eigenvalue weighted by Gasteiger charge is -2.31. The van der Waals surface area contributed by atoms with Crippen molar-refractivity contribution >= 4 is 40.0 Å². The van der Waals surface area contributed by atoms with Gasteiger partial charge >= 0.3 is 15.5 Å². The van der Waals surface area contributed by atoms with Crippen molar-refractivity contribution in [1.82, 2.24) is 14.9 Å². The van der Waals surface area contributed by atoms with Gasteiger partial charge in [-0.15, -0.1) is 24.0 Å². The molecule has 1 fully saturated rings. The fourth-order valence-electron chi connectivity index (χ4n) is 2.98. The third-order valence-corrected chi connectivity index (χ3v) is 6.32. The fraction of sp³-hybridized carbons (Fsp3) is 0.611. The normalized spacial score (nSPS) is 16.6. The number of nitrogens with zero attached hydrogens (tertiary/aromatic N) is 2. The highest BCUT2D eigenvalue weighted by atomic mass is 127. The average Bonchev–Trinajstić information content (AvgIpc) is 2.70. The van der Waals surface area contributed by atoms with Crippen molar-refractivity contribution < 1.29 is 26.3 Å². The number of piperidine rings is 1. The van der Waals surface area contributed by atoms with E-state index in [0.717, 1.165) is 11.3 Å². The number of hydrogen-bond acceptors (Lipinski definition) is 4. The second kappa shape index (κ2) is 11.9. The highest BCUT2D eigenvalue weighted by Crippen LogP contribution is 2.30. The van der Waals surface area contributed by atoms with Crippen LogP contribution >= 0.6 is 24.0 Å². The van der Waals surface area contributed by atoms with Crippen LogP contribution in [0.1, 0.15) is 25.3 Å². The standard InChI is InChI=1S/C18H27F3N4O3S.HI/c1-3-22-17(23-12-14-4-6-16(28-2)7-5-14)24-13-15-8-10-25(11-9-15)29(26,27)18(19,20)21;/h4-7,15H,3,8-13H2,1-2H3,(H2,22,23,24);1H. The molecule has 0 saturated carbocycles. The molecule has 0 aliphatic carbocycles. The third kappa shape index (κ3) is 7.45. The Morgan fingerprint density at radius 3 is 2.30 bits per heavy atom. The van der Waals surface area contributed by atoms with E-state index in [-0.39, 0.29) is 43.0 Å². The molecule has 172 valence electrons. The number of rotatable bonds is 7. The minimum atomic E-state index is -5.25. The Labute approximate surface area is 192 Å². The number of aliphatic imine (C=N–C) groups is 1. The highest BCUT2D eigenvalue weighted by molar-refractivity contribution is 14.0. The molecule has 2 N–H and O–H groups in total. The zero-order chi connectivity index (χ0) is 21.5. The van der Waals surface area contributed by atoms with Gasteiger partial charge in [0, 0.05) is 26.2 Å². The van der Waals surface area contributed by atoms with Crippen LogP contribution in [-0.4, -0.2) is 57.5 Å². The largest absolute Gasteiger partial charge is 0.511 e. The summed E-state index contributed by atoms with van der Waals surface area (Å²) in [6, 6.07) is 7.55. The van der Waals surface area contributed by atoms with Crippen molar-refractivity contribution in [1.29, 1.82) is 0 Å². The van der Waals surface area contributed by atoms with E-state index in [1.54, 1.807) is 7.11 Å². The first-order chi connectivity index (χ1) is 13.7. The maximum Gasteiger partial charge on any atom is 0.511 e.